The first-order valence-electron chi connectivity index (χ1n) is 7.80. The van der Waals surface area contributed by atoms with Gasteiger partial charge in [0.05, 0.1) is 6.07 Å². The molecule has 1 fully saturated rings. The van der Waals surface area contributed by atoms with Crippen LogP contribution >= 0.6 is 0 Å². The minimum Gasteiger partial charge on any atom is -0.618 e. The standard InChI is InChI=1S/C18H21NO3/c20-18(10-5-2-6-11-18)17-13-16(9-12-19(17)21)22-14-15-7-3-1-4-8-15/h1,3-4,7-9,12-13,20H,2,5-6,10-11,14H2. The van der Waals surface area contributed by atoms with E-state index in [1.165, 1.54) is 6.20 Å². The van der Waals surface area contributed by atoms with Gasteiger partial charge in [0.15, 0.2) is 6.20 Å². The van der Waals surface area contributed by atoms with Crippen molar-refractivity contribution in [2.75, 3.05) is 0 Å². The van der Waals surface area contributed by atoms with Crippen LogP contribution in [0.4, 0.5) is 0 Å². The summed E-state index contributed by atoms with van der Waals surface area (Å²) < 4.78 is 6.52. The summed E-state index contributed by atoms with van der Waals surface area (Å²) >= 11 is 0. The average molecular weight is 299 g/mol. The molecule has 22 heavy (non-hydrogen) atoms. The molecule has 1 heterocycles. The van der Waals surface area contributed by atoms with Crippen molar-refractivity contribution in [3.63, 3.8) is 0 Å². The van der Waals surface area contributed by atoms with E-state index in [0.717, 1.165) is 29.6 Å². The van der Waals surface area contributed by atoms with Gasteiger partial charge in [-0.15, -0.1) is 0 Å². The molecule has 0 atom stereocenters. The molecule has 0 radical (unpaired) electrons. The minimum atomic E-state index is -1.02. The Balaban J connectivity index is 1.77. The summed E-state index contributed by atoms with van der Waals surface area (Å²) in [5, 5.41) is 22.8. The van der Waals surface area contributed by atoms with Gasteiger partial charge < -0.3 is 15.1 Å². The highest BCUT2D eigenvalue weighted by atomic mass is 16.5. The summed E-state index contributed by atoms with van der Waals surface area (Å²) in [7, 11) is 0. The van der Waals surface area contributed by atoms with Crippen LogP contribution in [0.2, 0.25) is 0 Å². The van der Waals surface area contributed by atoms with E-state index in [4.69, 9.17) is 4.74 Å². The lowest BCUT2D eigenvalue weighted by molar-refractivity contribution is -0.623. The summed E-state index contributed by atoms with van der Waals surface area (Å²) in [6.07, 6.45) is 5.71. The normalized spacial score (nSPS) is 17.1. The van der Waals surface area contributed by atoms with Crippen molar-refractivity contribution in [1.82, 2.24) is 0 Å². The van der Waals surface area contributed by atoms with Gasteiger partial charge in [-0.25, -0.2) is 0 Å². The molecule has 1 aliphatic rings. The maximum Gasteiger partial charge on any atom is 0.228 e. The summed E-state index contributed by atoms with van der Waals surface area (Å²) in [6, 6.07) is 13.2. The Morgan fingerprint density at radius 1 is 1.09 bits per heavy atom. The van der Waals surface area contributed by atoms with E-state index in [-0.39, 0.29) is 0 Å². The van der Waals surface area contributed by atoms with Gasteiger partial charge in [0.2, 0.25) is 5.69 Å². The second-order valence-corrected chi connectivity index (χ2v) is 5.94. The zero-order valence-corrected chi connectivity index (χ0v) is 12.6. The lowest BCUT2D eigenvalue weighted by atomic mass is 9.82. The maximum absolute atomic E-state index is 12.1. The van der Waals surface area contributed by atoms with Gasteiger partial charge in [0.1, 0.15) is 18.0 Å². The molecule has 1 aromatic heterocycles. The summed E-state index contributed by atoms with van der Waals surface area (Å²) in [5.41, 5.74) is 0.448. The fourth-order valence-corrected chi connectivity index (χ4v) is 3.03. The summed E-state index contributed by atoms with van der Waals surface area (Å²) in [4.78, 5) is 0. The second kappa shape index (κ2) is 6.36. The lowest BCUT2D eigenvalue weighted by Crippen LogP contribution is -2.43. The van der Waals surface area contributed by atoms with Crippen molar-refractivity contribution < 1.29 is 14.6 Å². The maximum atomic E-state index is 12.1. The van der Waals surface area contributed by atoms with Crippen LogP contribution in [0, 0.1) is 5.21 Å². The van der Waals surface area contributed by atoms with E-state index >= 15 is 0 Å². The molecule has 4 heteroatoms. The van der Waals surface area contributed by atoms with Crippen molar-refractivity contribution in [2.45, 2.75) is 44.3 Å². The molecule has 116 valence electrons. The monoisotopic (exact) mass is 299 g/mol. The Morgan fingerprint density at radius 2 is 1.82 bits per heavy atom. The Labute approximate surface area is 130 Å². The summed E-state index contributed by atoms with van der Waals surface area (Å²) in [6.45, 7) is 0.446. The first kappa shape index (κ1) is 14.9. The quantitative estimate of drug-likeness (QED) is 0.697. The van der Waals surface area contributed by atoms with E-state index in [9.17, 15) is 10.3 Å². The van der Waals surface area contributed by atoms with Crippen molar-refractivity contribution in [2.24, 2.45) is 0 Å². The number of ether oxygens (including phenoxy) is 1. The molecule has 1 aliphatic carbocycles. The largest absolute Gasteiger partial charge is 0.618 e. The molecule has 0 bridgehead atoms. The van der Waals surface area contributed by atoms with E-state index in [1.807, 2.05) is 30.3 Å². The van der Waals surface area contributed by atoms with Crippen LogP contribution in [0.15, 0.2) is 48.7 Å². The van der Waals surface area contributed by atoms with Gasteiger partial charge in [0, 0.05) is 6.07 Å². The van der Waals surface area contributed by atoms with Crippen LogP contribution < -0.4 is 9.47 Å². The van der Waals surface area contributed by atoms with Crippen LogP contribution in [-0.4, -0.2) is 5.11 Å². The van der Waals surface area contributed by atoms with Crippen LogP contribution in [0.3, 0.4) is 0 Å². The smallest absolute Gasteiger partial charge is 0.228 e. The van der Waals surface area contributed by atoms with Gasteiger partial charge in [0.25, 0.3) is 0 Å². The molecule has 0 amide bonds. The second-order valence-electron chi connectivity index (χ2n) is 5.94. The van der Waals surface area contributed by atoms with Crippen molar-refractivity contribution >= 4 is 0 Å². The van der Waals surface area contributed by atoms with Gasteiger partial charge in [-0.1, -0.05) is 36.8 Å². The van der Waals surface area contributed by atoms with Gasteiger partial charge >= 0.3 is 0 Å². The SMILES string of the molecule is [O-][n+]1ccc(OCc2ccccc2)cc1C1(O)CCCCC1. The van der Waals surface area contributed by atoms with E-state index in [2.05, 4.69) is 0 Å². The van der Waals surface area contributed by atoms with E-state index in [0.29, 0.717) is 30.9 Å². The molecule has 0 aliphatic heterocycles. The average Bonchev–Trinajstić information content (AvgIpc) is 2.55. The molecule has 0 spiro atoms. The first-order chi connectivity index (χ1) is 10.7. The molecule has 2 aromatic rings. The third-order valence-electron chi connectivity index (χ3n) is 4.30. The number of rotatable bonds is 4. The molecule has 1 saturated carbocycles. The number of aromatic nitrogens is 1. The number of benzene rings is 1. The Kier molecular flexibility index (Phi) is 4.29. The Hall–Kier alpha value is -2.07. The topological polar surface area (TPSA) is 56.4 Å². The van der Waals surface area contributed by atoms with Crippen molar-refractivity contribution in [3.05, 3.63) is 65.1 Å². The Morgan fingerprint density at radius 3 is 2.55 bits per heavy atom. The van der Waals surface area contributed by atoms with Crippen LogP contribution in [0.5, 0.6) is 5.75 Å². The fourth-order valence-electron chi connectivity index (χ4n) is 3.03. The highest BCUT2D eigenvalue weighted by molar-refractivity contribution is 5.24. The third-order valence-corrected chi connectivity index (χ3v) is 4.30. The molecule has 4 nitrogen and oxygen atoms in total. The molecular formula is C18H21NO3. The molecule has 3 rings (SSSR count). The lowest BCUT2D eigenvalue weighted by Gasteiger charge is -2.30. The van der Waals surface area contributed by atoms with Crippen molar-refractivity contribution in [3.8, 4) is 5.75 Å². The minimum absolute atomic E-state index is 0.401. The molecular weight excluding hydrogens is 278 g/mol. The zero-order chi connectivity index (χ0) is 15.4. The number of aliphatic hydroxyl groups is 1. The number of hydrogen-bond acceptors (Lipinski definition) is 3. The summed E-state index contributed by atoms with van der Waals surface area (Å²) in [5.74, 6) is 0.616. The van der Waals surface area contributed by atoms with Gasteiger partial charge in [-0.2, -0.15) is 4.73 Å². The van der Waals surface area contributed by atoms with Gasteiger partial charge in [-0.3, -0.25) is 0 Å². The highest BCUT2D eigenvalue weighted by Crippen LogP contribution is 2.36. The zero-order valence-electron chi connectivity index (χ0n) is 12.6. The molecule has 1 N–H and O–H groups in total. The Bertz CT molecular complexity index is 621. The van der Waals surface area contributed by atoms with E-state index in [1.54, 1.807) is 12.1 Å². The fraction of sp³-hybridized carbons (Fsp3) is 0.389. The molecule has 0 saturated heterocycles. The molecule has 0 unspecified atom stereocenters. The number of nitrogens with zero attached hydrogens (tertiary/aromatic N) is 1. The van der Waals surface area contributed by atoms with Crippen LogP contribution in [0.1, 0.15) is 43.4 Å². The highest BCUT2D eigenvalue weighted by Gasteiger charge is 2.38. The molecule has 1 aromatic carbocycles. The number of hydrogen-bond donors (Lipinski definition) is 1. The predicted molar refractivity (Wildman–Crippen MR) is 83.2 cm³/mol. The predicted octanol–water partition coefficient (Wildman–Crippen LogP) is 3.05. The van der Waals surface area contributed by atoms with Crippen LogP contribution in [0.25, 0.3) is 0 Å². The first-order valence-corrected chi connectivity index (χ1v) is 7.80. The number of pyridine rings is 1. The van der Waals surface area contributed by atoms with Crippen molar-refractivity contribution in [1.29, 1.82) is 0 Å². The van der Waals surface area contributed by atoms with Gasteiger partial charge in [-0.05, 0) is 31.2 Å². The van der Waals surface area contributed by atoms with E-state index < -0.39 is 5.60 Å². The third kappa shape index (κ3) is 3.22. The van der Waals surface area contributed by atoms with Crippen LogP contribution in [-0.2, 0) is 12.2 Å².